The molecule has 0 spiro atoms. The van der Waals surface area contributed by atoms with Crippen molar-refractivity contribution in [3.8, 4) is 33.4 Å². The van der Waals surface area contributed by atoms with Gasteiger partial charge in [0.2, 0.25) is 0 Å². The normalized spacial score (nSPS) is 12.8. The van der Waals surface area contributed by atoms with Crippen molar-refractivity contribution in [3.05, 3.63) is 235 Å². The fraction of sp³-hybridized carbons (Fsp3) is 0.103. The van der Waals surface area contributed by atoms with Gasteiger partial charge < -0.3 is 9.80 Å². The predicted molar refractivity (Wildman–Crippen MR) is 255 cm³/mol. The first kappa shape index (κ1) is 37.1. The number of benzene rings is 9. The van der Waals surface area contributed by atoms with Crippen LogP contribution in [0, 0.1) is 0 Å². The van der Waals surface area contributed by atoms with E-state index in [4.69, 9.17) is 0 Å². The van der Waals surface area contributed by atoms with Crippen LogP contribution in [0.15, 0.2) is 218 Å². The van der Waals surface area contributed by atoms with Crippen LogP contribution in [0.2, 0.25) is 0 Å². The first-order valence-electron chi connectivity index (χ1n) is 21.2. The molecular weight excluding hydrogens is 725 g/mol. The minimum absolute atomic E-state index is 0.136. The zero-order chi connectivity index (χ0) is 40.5. The third kappa shape index (κ3) is 6.95. The summed E-state index contributed by atoms with van der Waals surface area (Å²) >= 11 is 0. The molecule has 0 amide bonds. The maximum Gasteiger partial charge on any atom is 0.0500 e. The Morgan fingerprint density at radius 3 is 1.52 bits per heavy atom. The standard InChI is InChI=1S/C58H48N2/c1-58(2)53-26-14-15-27-56(53)59(57-39-33-48(41-54(57)58)44-21-10-5-11-22-44)40-16-25-52-51-24-13-12-23-47(51)32-38-55(52)60(49-34-28-45(29-35-49)42-17-6-3-7-18-42)50-36-30-46(31-37-50)43-19-8-4-9-20-43/h3-15,17-24,26-39,41H,16,25,40H2,1-2H3. The van der Waals surface area contributed by atoms with Gasteiger partial charge in [0.1, 0.15) is 0 Å². The Kier molecular flexibility index (Phi) is 9.83. The second-order valence-electron chi connectivity index (χ2n) is 16.4. The summed E-state index contributed by atoms with van der Waals surface area (Å²) in [6.45, 7) is 5.66. The second kappa shape index (κ2) is 15.9. The van der Waals surface area contributed by atoms with Crippen LogP contribution in [0.1, 0.15) is 37.0 Å². The van der Waals surface area contributed by atoms with Gasteiger partial charge in [0.25, 0.3) is 0 Å². The molecule has 0 aromatic heterocycles. The number of rotatable bonds is 10. The fourth-order valence-corrected chi connectivity index (χ4v) is 9.34. The molecule has 0 aliphatic carbocycles. The van der Waals surface area contributed by atoms with Crippen molar-refractivity contribution in [2.24, 2.45) is 0 Å². The molecule has 0 saturated carbocycles. The van der Waals surface area contributed by atoms with Crippen molar-refractivity contribution in [1.82, 2.24) is 0 Å². The molecule has 0 N–H and O–H groups in total. The van der Waals surface area contributed by atoms with Crippen LogP contribution >= 0.6 is 0 Å². The highest BCUT2D eigenvalue weighted by Crippen LogP contribution is 2.50. The smallest absolute Gasteiger partial charge is 0.0500 e. The van der Waals surface area contributed by atoms with E-state index in [0.29, 0.717) is 0 Å². The third-order valence-corrected chi connectivity index (χ3v) is 12.5. The van der Waals surface area contributed by atoms with E-state index in [1.807, 2.05) is 0 Å². The molecule has 60 heavy (non-hydrogen) atoms. The Labute approximate surface area is 354 Å². The molecule has 1 aliphatic rings. The van der Waals surface area contributed by atoms with Crippen molar-refractivity contribution in [2.75, 3.05) is 16.3 Å². The van der Waals surface area contributed by atoms with E-state index in [2.05, 4.69) is 242 Å². The first-order valence-corrected chi connectivity index (χ1v) is 21.2. The van der Waals surface area contributed by atoms with Gasteiger partial charge in [-0.3, -0.25) is 0 Å². The van der Waals surface area contributed by atoms with Gasteiger partial charge in [-0.2, -0.15) is 0 Å². The fourth-order valence-electron chi connectivity index (χ4n) is 9.34. The lowest BCUT2D eigenvalue weighted by molar-refractivity contribution is 0.621. The van der Waals surface area contributed by atoms with Gasteiger partial charge in [0.05, 0.1) is 0 Å². The van der Waals surface area contributed by atoms with Crippen LogP contribution in [-0.4, -0.2) is 6.54 Å². The van der Waals surface area contributed by atoms with Crippen LogP contribution < -0.4 is 9.80 Å². The highest BCUT2D eigenvalue weighted by atomic mass is 15.2. The Hall–Kier alpha value is -7.16. The number of para-hydroxylation sites is 1. The molecule has 10 rings (SSSR count). The van der Waals surface area contributed by atoms with Gasteiger partial charge in [0, 0.05) is 40.4 Å². The molecule has 1 aliphatic heterocycles. The van der Waals surface area contributed by atoms with Gasteiger partial charge in [-0.15, -0.1) is 0 Å². The van der Waals surface area contributed by atoms with Gasteiger partial charge in [0.15, 0.2) is 0 Å². The summed E-state index contributed by atoms with van der Waals surface area (Å²) in [7, 11) is 0. The summed E-state index contributed by atoms with van der Waals surface area (Å²) in [6.07, 6.45) is 1.89. The van der Waals surface area contributed by atoms with Crippen molar-refractivity contribution in [2.45, 2.75) is 32.1 Å². The van der Waals surface area contributed by atoms with Crippen molar-refractivity contribution in [1.29, 1.82) is 0 Å². The molecule has 0 fully saturated rings. The molecule has 1 heterocycles. The summed E-state index contributed by atoms with van der Waals surface area (Å²) in [4.78, 5) is 5.04. The van der Waals surface area contributed by atoms with Crippen LogP contribution in [0.3, 0.4) is 0 Å². The minimum Gasteiger partial charge on any atom is -0.341 e. The van der Waals surface area contributed by atoms with Crippen LogP contribution in [0.5, 0.6) is 0 Å². The van der Waals surface area contributed by atoms with E-state index in [-0.39, 0.29) is 5.41 Å². The number of fused-ring (bicyclic) bond motifs is 3. The SMILES string of the molecule is CC1(C)c2ccccc2N(CCCc2c(N(c3ccc(-c4ccccc4)cc3)c3ccc(-c4ccccc4)cc3)ccc3ccccc23)c2ccc(-c3ccccc3)cc21. The van der Waals surface area contributed by atoms with Crippen LogP contribution in [-0.2, 0) is 11.8 Å². The molecule has 0 bridgehead atoms. The number of hydrogen-bond acceptors (Lipinski definition) is 2. The van der Waals surface area contributed by atoms with Crippen LogP contribution in [0.4, 0.5) is 28.4 Å². The molecule has 0 radical (unpaired) electrons. The average Bonchev–Trinajstić information content (AvgIpc) is 3.32. The lowest BCUT2D eigenvalue weighted by atomic mass is 9.73. The monoisotopic (exact) mass is 772 g/mol. The molecule has 290 valence electrons. The molecular formula is C58H48N2. The maximum atomic E-state index is 2.58. The van der Waals surface area contributed by atoms with Crippen molar-refractivity contribution < 1.29 is 0 Å². The van der Waals surface area contributed by atoms with Gasteiger partial charge in [-0.1, -0.05) is 184 Å². The maximum absolute atomic E-state index is 2.58. The molecule has 9 aromatic carbocycles. The Balaban J connectivity index is 1.04. The number of hydrogen-bond donors (Lipinski definition) is 0. The molecule has 2 nitrogen and oxygen atoms in total. The van der Waals surface area contributed by atoms with E-state index in [1.165, 1.54) is 77.9 Å². The van der Waals surface area contributed by atoms with E-state index in [0.717, 1.165) is 30.8 Å². The number of aryl methyl sites for hydroxylation is 1. The third-order valence-electron chi connectivity index (χ3n) is 12.5. The first-order chi connectivity index (χ1) is 29.5. The zero-order valence-corrected chi connectivity index (χ0v) is 34.3. The average molecular weight is 773 g/mol. The van der Waals surface area contributed by atoms with Crippen LogP contribution in [0.25, 0.3) is 44.2 Å². The van der Waals surface area contributed by atoms with E-state index in [1.54, 1.807) is 0 Å². The van der Waals surface area contributed by atoms with E-state index in [9.17, 15) is 0 Å². The Bertz CT molecular complexity index is 2810. The highest BCUT2D eigenvalue weighted by Gasteiger charge is 2.36. The van der Waals surface area contributed by atoms with Gasteiger partial charge >= 0.3 is 0 Å². The topological polar surface area (TPSA) is 6.48 Å². The predicted octanol–water partition coefficient (Wildman–Crippen LogP) is 15.7. The van der Waals surface area contributed by atoms with Crippen molar-refractivity contribution >= 4 is 39.2 Å². The minimum atomic E-state index is -0.136. The summed E-state index contributed by atoms with van der Waals surface area (Å²) in [6, 6.07) is 79.9. The quantitative estimate of drug-likeness (QED) is 0.137. The van der Waals surface area contributed by atoms with E-state index < -0.39 is 0 Å². The lowest BCUT2D eigenvalue weighted by Gasteiger charge is -2.42. The molecule has 2 heteroatoms. The van der Waals surface area contributed by atoms with Gasteiger partial charge in [-0.25, -0.2) is 0 Å². The number of anilines is 5. The molecule has 9 aromatic rings. The lowest BCUT2D eigenvalue weighted by Crippen LogP contribution is -2.33. The highest BCUT2D eigenvalue weighted by molar-refractivity contribution is 5.94. The Morgan fingerprint density at radius 1 is 0.417 bits per heavy atom. The summed E-state index contributed by atoms with van der Waals surface area (Å²) < 4.78 is 0. The molecule has 0 saturated heterocycles. The summed E-state index contributed by atoms with van der Waals surface area (Å²) in [5, 5.41) is 2.56. The van der Waals surface area contributed by atoms with E-state index >= 15 is 0 Å². The molecule has 0 atom stereocenters. The van der Waals surface area contributed by atoms with Gasteiger partial charge in [-0.05, 0) is 122 Å². The molecule has 0 unspecified atom stereocenters. The number of nitrogens with zero attached hydrogens (tertiary/aromatic N) is 2. The van der Waals surface area contributed by atoms with Crippen molar-refractivity contribution in [3.63, 3.8) is 0 Å². The zero-order valence-electron chi connectivity index (χ0n) is 34.3. The Morgan fingerprint density at radius 2 is 0.900 bits per heavy atom. The largest absolute Gasteiger partial charge is 0.341 e. The second-order valence-corrected chi connectivity index (χ2v) is 16.4. The summed E-state index contributed by atoms with van der Waals surface area (Å²) in [5.41, 5.74) is 17.4. The summed E-state index contributed by atoms with van der Waals surface area (Å²) in [5.74, 6) is 0.